The van der Waals surface area contributed by atoms with Gasteiger partial charge in [-0.05, 0) is 41.0 Å². The zero-order valence-corrected chi connectivity index (χ0v) is 9.96. The molecule has 0 aliphatic carbocycles. The van der Waals surface area contributed by atoms with Gasteiger partial charge in [0.15, 0.2) is 0 Å². The van der Waals surface area contributed by atoms with E-state index in [-0.39, 0.29) is 0 Å². The van der Waals surface area contributed by atoms with E-state index in [2.05, 4.69) is 56.9 Å². The van der Waals surface area contributed by atoms with Crippen molar-refractivity contribution in [1.82, 2.24) is 4.98 Å². The van der Waals surface area contributed by atoms with Crippen molar-refractivity contribution in [3.63, 3.8) is 0 Å². The maximum atomic E-state index is 3.46. The predicted molar refractivity (Wildman–Crippen MR) is 66.5 cm³/mol. The van der Waals surface area contributed by atoms with Crippen molar-refractivity contribution < 1.29 is 0 Å². The molecule has 0 spiro atoms. The molecule has 1 heteroatoms. The molecule has 15 heavy (non-hydrogen) atoms. The molecule has 0 aliphatic rings. The average molecular weight is 201 g/mol. The first-order valence-corrected chi connectivity index (χ1v) is 5.70. The highest BCUT2D eigenvalue weighted by Gasteiger charge is 2.06. The number of benzene rings is 1. The maximum absolute atomic E-state index is 3.46. The van der Waals surface area contributed by atoms with Gasteiger partial charge < -0.3 is 4.98 Å². The lowest BCUT2D eigenvalue weighted by molar-refractivity contribution is 0.836. The minimum absolute atomic E-state index is 0.569. The van der Waals surface area contributed by atoms with E-state index >= 15 is 0 Å². The van der Waals surface area contributed by atoms with Crippen LogP contribution in [0.3, 0.4) is 0 Å². The first kappa shape index (κ1) is 10.3. The van der Waals surface area contributed by atoms with E-state index < -0.39 is 0 Å². The van der Waals surface area contributed by atoms with Gasteiger partial charge in [0.25, 0.3) is 0 Å². The molecule has 0 saturated carbocycles. The summed E-state index contributed by atoms with van der Waals surface area (Å²) >= 11 is 0. The molecule has 0 aliphatic heterocycles. The summed E-state index contributed by atoms with van der Waals surface area (Å²) < 4.78 is 0. The molecule has 2 aromatic rings. The summed E-state index contributed by atoms with van der Waals surface area (Å²) in [7, 11) is 0. The molecular formula is C14H19N. The Morgan fingerprint density at radius 2 is 1.67 bits per heavy atom. The van der Waals surface area contributed by atoms with Crippen molar-refractivity contribution in [2.24, 2.45) is 0 Å². The predicted octanol–water partition coefficient (Wildman–Crippen LogP) is 4.41. The second kappa shape index (κ2) is 3.73. The van der Waals surface area contributed by atoms with Gasteiger partial charge in [0, 0.05) is 11.2 Å². The monoisotopic (exact) mass is 201 g/mol. The van der Waals surface area contributed by atoms with Crippen LogP contribution in [-0.4, -0.2) is 4.98 Å². The fraction of sp³-hybridized carbons (Fsp3) is 0.429. The minimum atomic E-state index is 0.569. The molecule has 0 atom stereocenters. The van der Waals surface area contributed by atoms with Crippen LogP contribution >= 0.6 is 0 Å². The SMILES string of the molecule is CC(C)c1ccc2[nH]c(C(C)C)cc2c1. The molecule has 0 fully saturated rings. The van der Waals surface area contributed by atoms with Crippen molar-refractivity contribution in [2.75, 3.05) is 0 Å². The number of rotatable bonds is 2. The Morgan fingerprint density at radius 3 is 2.27 bits per heavy atom. The number of aromatic nitrogens is 1. The summed E-state index contributed by atoms with van der Waals surface area (Å²) in [5, 5.41) is 1.34. The summed E-state index contributed by atoms with van der Waals surface area (Å²) in [6, 6.07) is 8.97. The Labute approximate surface area is 91.5 Å². The van der Waals surface area contributed by atoms with Crippen LogP contribution in [0.1, 0.15) is 50.8 Å². The summed E-state index contributed by atoms with van der Waals surface area (Å²) in [5.74, 6) is 1.17. The first-order valence-electron chi connectivity index (χ1n) is 5.70. The van der Waals surface area contributed by atoms with Gasteiger partial charge in [-0.1, -0.05) is 33.8 Å². The highest BCUT2D eigenvalue weighted by atomic mass is 14.7. The summed E-state index contributed by atoms with van der Waals surface area (Å²) in [6.07, 6.45) is 0. The molecule has 80 valence electrons. The van der Waals surface area contributed by atoms with E-state index in [1.807, 2.05) is 0 Å². The van der Waals surface area contributed by atoms with Crippen molar-refractivity contribution in [1.29, 1.82) is 0 Å². The number of nitrogens with one attached hydrogen (secondary N) is 1. The Kier molecular flexibility index (Phi) is 2.56. The Bertz CT molecular complexity index is 457. The second-order valence-electron chi connectivity index (χ2n) is 4.88. The lowest BCUT2D eigenvalue weighted by Gasteiger charge is -2.03. The molecule has 1 heterocycles. The Morgan fingerprint density at radius 1 is 0.933 bits per heavy atom. The second-order valence-corrected chi connectivity index (χ2v) is 4.88. The number of aromatic amines is 1. The van der Waals surface area contributed by atoms with Crippen molar-refractivity contribution in [3.8, 4) is 0 Å². The van der Waals surface area contributed by atoms with E-state index in [0.717, 1.165) is 0 Å². The van der Waals surface area contributed by atoms with Crippen LogP contribution in [0.2, 0.25) is 0 Å². The van der Waals surface area contributed by atoms with Crippen molar-refractivity contribution in [2.45, 2.75) is 39.5 Å². The van der Waals surface area contributed by atoms with Gasteiger partial charge in [-0.3, -0.25) is 0 Å². The molecule has 1 N–H and O–H groups in total. The van der Waals surface area contributed by atoms with Crippen LogP contribution in [0.25, 0.3) is 10.9 Å². The van der Waals surface area contributed by atoms with Gasteiger partial charge in [0.1, 0.15) is 0 Å². The lowest BCUT2D eigenvalue weighted by Crippen LogP contribution is -1.85. The van der Waals surface area contributed by atoms with Gasteiger partial charge in [-0.15, -0.1) is 0 Å². The van der Waals surface area contributed by atoms with E-state index in [9.17, 15) is 0 Å². The standard InChI is InChI=1S/C14H19N/c1-9(2)11-5-6-13-12(7-11)8-14(15-13)10(3)4/h5-10,15H,1-4H3. The third-order valence-electron chi connectivity index (χ3n) is 2.95. The van der Waals surface area contributed by atoms with Crippen LogP contribution in [0, 0.1) is 0 Å². The zero-order chi connectivity index (χ0) is 11.0. The lowest BCUT2D eigenvalue weighted by atomic mass is 10.0. The Hall–Kier alpha value is -1.24. The quantitative estimate of drug-likeness (QED) is 0.740. The van der Waals surface area contributed by atoms with Gasteiger partial charge in [0.2, 0.25) is 0 Å². The van der Waals surface area contributed by atoms with E-state index in [1.165, 1.54) is 22.2 Å². The fourth-order valence-corrected chi connectivity index (χ4v) is 1.84. The highest BCUT2D eigenvalue weighted by molar-refractivity contribution is 5.81. The maximum Gasteiger partial charge on any atom is 0.0456 e. The van der Waals surface area contributed by atoms with E-state index in [1.54, 1.807) is 0 Å². The first-order chi connectivity index (χ1) is 7.08. The molecule has 0 radical (unpaired) electrons. The highest BCUT2D eigenvalue weighted by Crippen LogP contribution is 2.24. The smallest absolute Gasteiger partial charge is 0.0456 e. The number of fused-ring (bicyclic) bond motifs is 1. The normalized spacial score (nSPS) is 11.9. The van der Waals surface area contributed by atoms with Crippen LogP contribution in [0.5, 0.6) is 0 Å². The van der Waals surface area contributed by atoms with Gasteiger partial charge in [-0.25, -0.2) is 0 Å². The summed E-state index contributed by atoms with van der Waals surface area (Å²) in [5.41, 5.74) is 3.99. The zero-order valence-electron chi connectivity index (χ0n) is 9.96. The fourth-order valence-electron chi connectivity index (χ4n) is 1.84. The minimum Gasteiger partial charge on any atom is -0.358 e. The van der Waals surface area contributed by atoms with Crippen LogP contribution in [0.4, 0.5) is 0 Å². The number of H-pyrrole nitrogens is 1. The third kappa shape index (κ3) is 1.92. The molecule has 0 amide bonds. The molecule has 2 rings (SSSR count). The molecule has 0 saturated heterocycles. The van der Waals surface area contributed by atoms with Gasteiger partial charge in [-0.2, -0.15) is 0 Å². The van der Waals surface area contributed by atoms with Crippen molar-refractivity contribution >= 4 is 10.9 Å². The number of hydrogen-bond donors (Lipinski definition) is 1. The van der Waals surface area contributed by atoms with Crippen molar-refractivity contribution in [3.05, 3.63) is 35.5 Å². The number of hydrogen-bond acceptors (Lipinski definition) is 0. The summed E-state index contributed by atoms with van der Waals surface area (Å²) in [4.78, 5) is 3.46. The summed E-state index contributed by atoms with van der Waals surface area (Å²) in [6.45, 7) is 8.90. The molecule has 1 aromatic heterocycles. The molecule has 0 unspecified atom stereocenters. The van der Waals surface area contributed by atoms with E-state index in [4.69, 9.17) is 0 Å². The van der Waals surface area contributed by atoms with Crippen LogP contribution in [0.15, 0.2) is 24.3 Å². The van der Waals surface area contributed by atoms with Gasteiger partial charge in [0.05, 0.1) is 0 Å². The molecule has 1 nitrogen and oxygen atoms in total. The van der Waals surface area contributed by atoms with Gasteiger partial charge >= 0.3 is 0 Å². The largest absolute Gasteiger partial charge is 0.358 e. The van der Waals surface area contributed by atoms with Crippen LogP contribution in [-0.2, 0) is 0 Å². The average Bonchev–Trinajstić information content (AvgIpc) is 2.59. The molecular weight excluding hydrogens is 182 g/mol. The Balaban J connectivity index is 2.52. The third-order valence-corrected chi connectivity index (χ3v) is 2.95. The van der Waals surface area contributed by atoms with Crippen LogP contribution < -0.4 is 0 Å². The van der Waals surface area contributed by atoms with E-state index in [0.29, 0.717) is 11.8 Å². The molecule has 0 bridgehead atoms. The topological polar surface area (TPSA) is 15.8 Å². The molecule has 1 aromatic carbocycles.